The van der Waals surface area contributed by atoms with Crippen molar-refractivity contribution in [3.05, 3.63) is 137 Å². The van der Waals surface area contributed by atoms with E-state index in [0.717, 1.165) is 21.4 Å². The van der Waals surface area contributed by atoms with Crippen LogP contribution in [0.4, 0.5) is 39.0 Å². The summed E-state index contributed by atoms with van der Waals surface area (Å²) in [6.07, 6.45) is 0. The zero-order valence-electron chi connectivity index (χ0n) is 22.1. The lowest BCUT2D eigenvalue weighted by Crippen LogP contribution is -2.17. The van der Waals surface area contributed by atoms with Crippen LogP contribution in [0.1, 0.15) is 25.0 Å². The van der Waals surface area contributed by atoms with Gasteiger partial charge >= 0.3 is 0 Å². The van der Waals surface area contributed by atoms with Gasteiger partial charge < -0.3 is 4.90 Å². The van der Waals surface area contributed by atoms with Gasteiger partial charge in [-0.3, -0.25) is 0 Å². The van der Waals surface area contributed by atoms with Crippen LogP contribution >= 0.6 is 0 Å². The lowest BCUT2D eigenvalue weighted by atomic mass is 9.81. The summed E-state index contributed by atoms with van der Waals surface area (Å²) in [5, 5.41) is 4.82. The molecule has 0 spiro atoms. The summed E-state index contributed by atoms with van der Waals surface area (Å²) in [6.45, 7) is 4.43. The number of anilines is 3. The van der Waals surface area contributed by atoms with Crippen molar-refractivity contribution < 1.29 is 22.0 Å². The smallest absolute Gasteiger partial charge is 0.200 e. The molecule has 0 aromatic heterocycles. The monoisotopic (exact) mass is 551 g/mol. The van der Waals surface area contributed by atoms with E-state index in [2.05, 4.69) is 56.3 Å². The fourth-order valence-corrected chi connectivity index (χ4v) is 6.15. The summed E-state index contributed by atoms with van der Waals surface area (Å²) in [5.74, 6) is -9.99. The van der Waals surface area contributed by atoms with Gasteiger partial charge in [-0.25, -0.2) is 22.0 Å². The Labute approximate surface area is 233 Å². The molecule has 6 heteroatoms. The quantitative estimate of drug-likeness (QED) is 0.0912. The Kier molecular flexibility index (Phi) is 5.48. The van der Waals surface area contributed by atoms with Crippen LogP contribution in [0, 0.1) is 29.1 Å². The van der Waals surface area contributed by atoms with Crippen LogP contribution in [0.15, 0.2) is 97.1 Å². The lowest BCUT2D eigenvalue weighted by molar-refractivity contribution is 0.380. The average Bonchev–Trinajstić information content (AvgIpc) is 3.24. The number of rotatable bonds is 4. The van der Waals surface area contributed by atoms with Crippen molar-refractivity contribution in [1.82, 2.24) is 0 Å². The van der Waals surface area contributed by atoms with Crippen LogP contribution in [0.5, 0.6) is 0 Å². The van der Waals surface area contributed by atoms with E-state index in [0.29, 0.717) is 0 Å². The minimum absolute atomic E-state index is 0.201. The van der Waals surface area contributed by atoms with Gasteiger partial charge in [0, 0.05) is 16.8 Å². The number of nitrogens with zero attached hydrogens (tertiary/aromatic N) is 1. The topological polar surface area (TPSA) is 3.24 Å². The average molecular weight is 552 g/mol. The molecule has 6 aromatic rings. The fourth-order valence-electron chi connectivity index (χ4n) is 6.15. The lowest BCUT2D eigenvalue weighted by Gasteiger charge is -2.27. The summed E-state index contributed by atoms with van der Waals surface area (Å²) in [6, 6.07) is 29.8. The van der Waals surface area contributed by atoms with Crippen LogP contribution < -0.4 is 4.90 Å². The summed E-state index contributed by atoms with van der Waals surface area (Å²) in [4.78, 5) is 1.04. The number of para-hydroxylation sites is 1. The zero-order chi connectivity index (χ0) is 28.6. The highest BCUT2D eigenvalue weighted by atomic mass is 19.2. The highest BCUT2D eigenvalue weighted by molar-refractivity contribution is 6.15. The highest BCUT2D eigenvalue weighted by Crippen LogP contribution is 2.50. The summed E-state index contributed by atoms with van der Waals surface area (Å²) in [5.41, 5.74) is 3.55. The predicted octanol–water partition coefficient (Wildman–Crippen LogP) is 10.5. The van der Waals surface area contributed by atoms with Crippen molar-refractivity contribution in [3.8, 4) is 11.1 Å². The van der Waals surface area contributed by atoms with Gasteiger partial charge in [-0.05, 0) is 80.2 Å². The van der Waals surface area contributed by atoms with Crippen LogP contribution in [0.3, 0.4) is 0 Å². The van der Waals surface area contributed by atoms with Gasteiger partial charge in [0.05, 0.1) is 0 Å². The Bertz CT molecular complexity index is 1990. The van der Waals surface area contributed by atoms with E-state index in [1.165, 1.54) is 39.4 Å². The van der Waals surface area contributed by atoms with E-state index in [4.69, 9.17) is 0 Å². The molecule has 41 heavy (non-hydrogen) atoms. The third kappa shape index (κ3) is 3.60. The van der Waals surface area contributed by atoms with Crippen molar-refractivity contribution in [2.24, 2.45) is 0 Å². The first kappa shape index (κ1) is 25.3. The molecule has 0 bridgehead atoms. The van der Waals surface area contributed by atoms with Crippen molar-refractivity contribution in [3.63, 3.8) is 0 Å². The van der Waals surface area contributed by atoms with Gasteiger partial charge in [-0.15, -0.1) is 0 Å². The number of hydrogen-bond acceptors (Lipinski definition) is 1. The Balaban J connectivity index is 1.37. The maximum Gasteiger partial charge on any atom is 0.200 e. The van der Waals surface area contributed by atoms with E-state index < -0.39 is 34.8 Å². The Hall–Kier alpha value is -4.71. The molecule has 0 radical (unpaired) electrons. The fraction of sp³-hybridized carbons (Fsp3) is 0.0857. The molecule has 0 aliphatic heterocycles. The van der Waals surface area contributed by atoms with E-state index in [1.807, 2.05) is 0 Å². The number of benzene rings is 6. The van der Waals surface area contributed by atoms with E-state index in [1.54, 1.807) is 42.5 Å². The van der Waals surface area contributed by atoms with Crippen LogP contribution in [0.2, 0.25) is 0 Å². The van der Waals surface area contributed by atoms with Gasteiger partial charge in [-0.2, -0.15) is 0 Å². The van der Waals surface area contributed by atoms with Gasteiger partial charge in [-0.1, -0.05) is 74.5 Å². The Morgan fingerprint density at radius 2 is 1.07 bits per heavy atom. The first-order chi connectivity index (χ1) is 19.7. The molecule has 1 aliphatic carbocycles. The molecule has 0 heterocycles. The molecule has 0 amide bonds. The highest BCUT2D eigenvalue weighted by Gasteiger charge is 2.34. The number of halogens is 5. The van der Waals surface area contributed by atoms with E-state index in [9.17, 15) is 22.0 Å². The molecule has 1 aliphatic rings. The van der Waals surface area contributed by atoms with Gasteiger partial charge in [0.25, 0.3) is 0 Å². The molecule has 0 fully saturated rings. The predicted molar refractivity (Wildman–Crippen MR) is 153 cm³/mol. The minimum atomic E-state index is -2.20. The first-order valence-electron chi connectivity index (χ1n) is 13.2. The second-order valence-corrected chi connectivity index (χ2v) is 10.9. The molecular formula is C35H22F5N. The van der Waals surface area contributed by atoms with Gasteiger partial charge in [0.1, 0.15) is 5.69 Å². The SMILES string of the molecule is CC1(C)c2cccc3ccc4cc(-c5ccc(N(c6ccccc6)c6c(F)c(F)c(F)c(F)c6F)cc5)cc1c4c23. The summed E-state index contributed by atoms with van der Waals surface area (Å²) in [7, 11) is 0. The van der Waals surface area contributed by atoms with Crippen LogP contribution in [-0.4, -0.2) is 0 Å². The largest absolute Gasteiger partial charge is 0.305 e. The van der Waals surface area contributed by atoms with Gasteiger partial charge in [0.15, 0.2) is 23.3 Å². The number of hydrogen-bond donors (Lipinski definition) is 0. The third-order valence-corrected chi connectivity index (χ3v) is 8.19. The normalized spacial score (nSPS) is 13.4. The molecule has 0 unspecified atom stereocenters. The molecule has 7 rings (SSSR count). The second kappa shape index (κ2) is 8.90. The summed E-state index contributed by atoms with van der Waals surface area (Å²) >= 11 is 0. The maximum atomic E-state index is 15.0. The molecule has 202 valence electrons. The third-order valence-electron chi connectivity index (χ3n) is 8.19. The van der Waals surface area contributed by atoms with Crippen LogP contribution in [0.25, 0.3) is 32.7 Å². The maximum absolute atomic E-state index is 15.0. The Morgan fingerprint density at radius 1 is 0.488 bits per heavy atom. The first-order valence-corrected chi connectivity index (χ1v) is 13.2. The van der Waals surface area contributed by atoms with E-state index in [-0.39, 0.29) is 16.8 Å². The standard InChI is InChI=1S/C35H22F5N/c1-35(2)25-10-6-7-20-11-12-21-17-22(18-26(35)28(21)27(20)25)19-13-15-24(16-14-19)41(23-8-4-3-5-9-23)34-32(39)30(37)29(36)31(38)33(34)40/h3-18H,1-2H3. The van der Waals surface area contributed by atoms with Crippen LogP contribution in [-0.2, 0) is 5.41 Å². The Morgan fingerprint density at radius 3 is 1.76 bits per heavy atom. The molecule has 0 atom stereocenters. The molecule has 6 aromatic carbocycles. The molecule has 0 saturated heterocycles. The van der Waals surface area contributed by atoms with Crippen molar-refractivity contribution in [2.75, 3.05) is 4.90 Å². The van der Waals surface area contributed by atoms with Gasteiger partial charge in [0.2, 0.25) is 5.82 Å². The molecule has 0 N–H and O–H groups in total. The van der Waals surface area contributed by atoms with Crippen molar-refractivity contribution in [2.45, 2.75) is 19.3 Å². The van der Waals surface area contributed by atoms with Crippen molar-refractivity contribution >= 4 is 38.6 Å². The molecule has 0 saturated carbocycles. The van der Waals surface area contributed by atoms with E-state index >= 15 is 0 Å². The molecular weight excluding hydrogens is 529 g/mol. The van der Waals surface area contributed by atoms with Crippen molar-refractivity contribution in [1.29, 1.82) is 0 Å². The minimum Gasteiger partial charge on any atom is -0.305 e. The summed E-state index contributed by atoms with van der Waals surface area (Å²) < 4.78 is 72.3. The second-order valence-electron chi connectivity index (χ2n) is 10.9. The zero-order valence-corrected chi connectivity index (χ0v) is 22.1. The molecule has 1 nitrogen and oxygen atoms in total.